The van der Waals surface area contributed by atoms with E-state index in [1.807, 2.05) is 6.92 Å². The molecule has 5 nitrogen and oxygen atoms in total. The molecule has 0 N–H and O–H groups in total. The van der Waals surface area contributed by atoms with Gasteiger partial charge in [0.2, 0.25) is 5.95 Å². The minimum absolute atomic E-state index is 0.121. The van der Waals surface area contributed by atoms with Crippen LogP contribution in [0.15, 0.2) is 18.2 Å². The van der Waals surface area contributed by atoms with Crippen LogP contribution in [0, 0.1) is 18.8 Å². The first-order chi connectivity index (χ1) is 11.9. The molecule has 0 spiro atoms. The third kappa shape index (κ3) is 3.54. The van der Waals surface area contributed by atoms with E-state index in [0.29, 0.717) is 17.6 Å². The van der Waals surface area contributed by atoms with Crippen LogP contribution in [0.3, 0.4) is 0 Å². The zero-order chi connectivity index (χ0) is 18.1. The molecule has 0 aromatic carbocycles. The Kier molecular flexibility index (Phi) is 5.08. The van der Waals surface area contributed by atoms with E-state index in [1.165, 1.54) is 18.2 Å². The van der Waals surface area contributed by atoms with Crippen molar-refractivity contribution >= 4 is 17.5 Å². The maximum atomic E-state index is 13.4. The van der Waals surface area contributed by atoms with E-state index in [9.17, 15) is 9.18 Å². The van der Waals surface area contributed by atoms with Gasteiger partial charge >= 0.3 is 0 Å². The number of hydrogen-bond acceptors (Lipinski definition) is 3. The standard InChI is InChI=1S/C18H22ClFN4O/c1-11(2)10-24-17(19)16(12(3)22-24)14-7-5-9-23(14)18(25)13-6-4-8-15(20)21-13/h4,6,8,11,14H,5,7,9-10H2,1-3H3. The molecule has 1 amide bonds. The van der Waals surface area contributed by atoms with Gasteiger partial charge in [0, 0.05) is 18.7 Å². The average Bonchev–Trinajstić information content (AvgIpc) is 3.11. The molecular formula is C18H22ClFN4O. The number of amides is 1. The summed E-state index contributed by atoms with van der Waals surface area (Å²) in [5.41, 5.74) is 1.85. The fraction of sp³-hybridized carbons (Fsp3) is 0.500. The van der Waals surface area contributed by atoms with Gasteiger partial charge in [-0.15, -0.1) is 0 Å². The number of aryl methyl sites for hydroxylation is 1. The predicted octanol–water partition coefficient (Wildman–Crippen LogP) is 4.01. The quantitative estimate of drug-likeness (QED) is 0.770. The van der Waals surface area contributed by atoms with Gasteiger partial charge in [0.25, 0.3) is 5.91 Å². The number of rotatable bonds is 4. The summed E-state index contributed by atoms with van der Waals surface area (Å²) < 4.78 is 15.2. The highest BCUT2D eigenvalue weighted by Gasteiger charge is 2.35. The third-order valence-corrected chi connectivity index (χ3v) is 4.83. The van der Waals surface area contributed by atoms with Gasteiger partial charge in [-0.25, -0.2) is 4.98 Å². The molecule has 1 fully saturated rings. The van der Waals surface area contributed by atoms with Crippen molar-refractivity contribution in [3.05, 3.63) is 46.3 Å². The highest BCUT2D eigenvalue weighted by Crippen LogP contribution is 2.38. The summed E-state index contributed by atoms with van der Waals surface area (Å²) >= 11 is 6.58. The van der Waals surface area contributed by atoms with Crippen LogP contribution < -0.4 is 0 Å². The molecule has 0 radical (unpaired) electrons. The molecule has 134 valence electrons. The minimum Gasteiger partial charge on any atom is -0.330 e. The summed E-state index contributed by atoms with van der Waals surface area (Å²) in [6, 6.07) is 4.12. The number of halogens is 2. The monoisotopic (exact) mass is 364 g/mol. The Morgan fingerprint density at radius 3 is 2.88 bits per heavy atom. The fourth-order valence-corrected chi connectivity index (χ4v) is 3.77. The summed E-state index contributed by atoms with van der Waals surface area (Å²) in [5, 5.41) is 5.13. The minimum atomic E-state index is -0.652. The number of aromatic nitrogens is 3. The Bertz CT molecular complexity index is 789. The van der Waals surface area contributed by atoms with E-state index in [-0.39, 0.29) is 17.6 Å². The Labute approximate surface area is 151 Å². The van der Waals surface area contributed by atoms with E-state index in [4.69, 9.17) is 11.6 Å². The number of pyridine rings is 1. The first-order valence-electron chi connectivity index (χ1n) is 8.54. The molecule has 1 atom stereocenters. The summed E-state index contributed by atoms with van der Waals surface area (Å²) in [6.07, 6.45) is 1.69. The molecule has 0 aliphatic carbocycles. The normalized spacial score (nSPS) is 17.5. The van der Waals surface area contributed by atoms with E-state index in [0.717, 1.165) is 30.6 Å². The van der Waals surface area contributed by atoms with Crippen molar-refractivity contribution in [1.29, 1.82) is 0 Å². The Balaban J connectivity index is 1.92. The number of likely N-dealkylation sites (tertiary alicyclic amines) is 1. The van der Waals surface area contributed by atoms with Gasteiger partial charge in [-0.3, -0.25) is 9.48 Å². The van der Waals surface area contributed by atoms with Crippen molar-refractivity contribution in [2.24, 2.45) is 5.92 Å². The predicted molar refractivity (Wildman–Crippen MR) is 94.0 cm³/mol. The lowest BCUT2D eigenvalue weighted by Crippen LogP contribution is -2.31. The van der Waals surface area contributed by atoms with Gasteiger partial charge in [-0.05, 0) is 37.8 Å². The van der Waals surface area contributed by atoms with E-state index >= 15 is 0 Å². The van der Waals surface area contributed by atoms with Crippen LogP contribution in [0.4, 0.5) is 4.39 Å². The first kappa shape index (κ1) is 17.9. The topological polar surface area (TPSA) is 51.0 Å². The third-order valence-electron chi connectivity index (χ3n) is 4.43. The van der Waals surface area contributed by atoms with Gasteiger partial charge in [-0.1, -0.05) is 31.5 Å². The van der Waals surface area contributed by atoms with Crippen LogP contribution in [-0.2, 0) is 6.54 Å². The van der Waals surface area contributed by atoms with Crippen LogP contribution in [0.5, 0.6) is 0 Å². The molecule has 1 aliphatic heterocycles. The smallest absolute Gasteiger partial charge is 0.273 e. The molecule has 3 rings (SSSR count). The molecule has 1 unspecified atom stereocenters. The zero-order valence-electron chi connectivity index (χ0n) is 14.7. The van der Waals surface area contributed by atoms with Gasteiger partial charge in [-0.2, -0.15) is 9.49 Å². The van der Waals surface area contributed by atoms with Gasteiger partial charge in [0.1, 0.15) is 10.8 Å². The van der Waals surface area contributed by atoms with Crippen molar-refractivity contribution in [3.63, 3.8) is 0 Å². The van der Waals surface area contributed by atoms with Crippen LogP contribution in [0.25, 0.3) is 0 Å². The lowest BCUT2D eigenvalue weighted by Gasteiger charge is -2.24. The van der Waals surface area contributed by atoms with Crippen LogP contribution in [0.2, 0.25) is 5.15 Å². The SMILES string of the molecule is Cc1nn(CC(C)C)c(Cl)c1C1CCCN1C(=O)c1cccc(F)n1. The first-order valence-corrected chi connectivity index (χ1v) is 8.92. The molecule has 7 heteroatoms. The van der Waals surface area contributed by atoms with E-state index in [1.54, 1.807) is 9.58 Å². The molecule has 2 aromatic rings. The second-order valence-corrected chi connectivity index (χ2v) is 7.23. The molecule has 1 aliphatic rings. The van der Waals surface area contributed by atoms with Crippen LogP contribution in [0.1, 0.15) is 54.5 Å². The molecule has 2 aromatic heterocycles. The summed E-state index contributed by atoms with van der Waals surface area (Å²) in [6.45, 7) is 7.46. The Morgan fingerprint density at radius 2 is 2.20 bits per heavy atom. The van der Waals surface area contributed by atoms with Gasteiger partial charge < -0.3 is 4.90 Å². The molecular weight excluding hydrogens is 343 g/mol. The molecule has 0 saturated carbocycles. The van der Waals surface area contributed by atoms with E-state index in [2.05, 4.69) is 23.9 Å². The number of carbonyl (C=O) groups is 1. The summed E-state index contributed by atoms with van der Waals surface area (Å²) in [4.78, 5) is 18.3. The Hall–Kier alpha value is -1.95. The molecule has 25 heavy (non-hydrogen) atoms. The summed E-state index contributed by atoms with van der Waals surface area (Å²) in [5.74, 6) is -0.503. The van der Waals surface area contributed by atoms with Crippen molar-refractivity contribution in [1.82, 2.24) is 19.7 Å². The highest BCUT2D eigenvalue weighted by molar-refractivity contribution is 6.30. The maximum absolute atomic E-state index is 13.4. The van der Waals surface area contributed by atoms with Crippen LogP contribution >= 0.6 is 11.6 Å². The summed E-state index contributed by atoms with van der Waals surface area (Å²) in [7, 11) is 0. The lowest BCUT2D eigenvalue weighted by atomic mass is 10.1. The zero-order valence-corrected chi connectivity index (χ0v) is 15.4. The van der Waals surface area contributed by atoms with Gasteiger partial charge in [0.15, 0.2) is 0 Å². The largest absolute Gasteiger partial charge is 0.330 e. The van der Waals surface area contributed by atoms with Gasteiger partial charge in [0.05, 0.1) is 11.7 Å². The Morgan fingerprint density at radius 1 is 1.44 bits per heavy atom. The average molecular weight is 365 g/mol. The fourth-order valence-electron chi connectivity index (χ4n) is 3.40. The number of nitrogens with zero attached hydrogens (tertiary/aromatic N) is 4. The highest BCUT2D eigenvalue weighted by atomic mass is 35.5. The van der Waals surface area contributed by atoms with Crippen molar-refractivity contribution in [2.45, 2.75) is 46.2 Å². The molecule has 1 saturated heterocycles. The maximum Gasteiger partial charge on any atom is 0.273 e. The second kappa shape index (κ2) is 7.12. The molecule has 3 heterocycles. The van der Waals surface area contributed by atoms with Crippen molar-refractivity contribution < 1.29 is 9.18 Å². The molecule has 0 bridgehead atoms. The number of carbonyl (C=O) groups excluding carboxylic acids is 1. The van der Waals surface area contributed by atoms with Crippen molar-refractivity contribution in [3.8, 4) is 0 Å². The number of hydrogen-bond donors (Lipinski definition) is 0. The van der Waals surface area contributed by atoms with E-state index < -0.39 is 5.95 Å². The van der Waals surface area contributed by atoms with Crippen LogP contribution in [-0.4, -0.2) is 32.1 Å². The lowest BCUT2D eigenvalue weighted by molar-refractivity contribution is 0.0728. The van der Waals surface area contributed by atoms with Crippen molar-refractivity contribution in [2.75, 3.05) is 6.54 Å². The second-order valence-electron chi connectivity index (χ2n) is 6.87.